The topological polar surface area (TPSA) is 40.7 Å². The Kier molecular flexibility index (Phi) is 3.62. The predicted octanol–water partition coefficient (Wildman–Crippen LogP) is 3.75. The SMILES string of the molecule is CC1(C)CCCC1NCc1cn[nH]c1-c1ccccc1. The lowest BCUT2D eigenvalue weighted by atomic mass is 9.87. The van der Waals surface area contributed by atoms with E-state index in [-0.39, 0.29) is 0 Å². The van der Waals surface area contributed by atoms with Crippen molar-refractivity contribution < 1.29 is 0 Å². The van der Waals surface area contributed by atoms with Crippen LogP contribution in [0.15, 0.2) is 36.5 Å². The van der Waals surface area contributed by atoms with Gasteiger partial charge in [0.05, 0.1) is 11.9 Å². The van der Waals surface area contributed by atoms with E-state index in [0.717, 1.165) is 12.2 Å². The van der Waals surface area contributed by atoms with Gasteiger partial charge in [0.25, 0.3) is 0 Å². The van der Waals surface area contributed by atoms with Crippen molar-refractivity contribution in [2.75, 3.05) is 0 Å². The van der Waals surface area contributed by atoms with Gasteiger partial charge >= 0.3 is 0 Å². The van der Waals surface area contributed by atoms with Gasteiger partial charge in [-0.15, -0.1) is 0 Å². The summed E-state index contributed by atoms with van der Waals surface area (Å²) >= 11 is 0. The third-order valence-electron chi connectivity index (χ3n) is 4.58. The smallest absolute Gasteiger partial charge is 0.0695 e. The van der Waals surface area contributed by atoms with Gasteiger partial charge in [0, 0.05) is 18.2 Å². The molecule has 1 aliphatic carbocycles. The van der Waals surface area contributed by atoms with Crippen LogP contribution in [0.1, 0.15) is 38.7 Å². The maximum absolute atomic E-state index is 4.22. The van der Waals surface area contributed by atoms with Crippen molar-refractivity contribution >= 4 is 0 Å². The van der Waals surface area contributed by atoms with Crippen molar-refractivity contribution in [2.45, 2.75) is 45.7 Å². The molecule has 3 nitrogen and oxygen atoms in total. The Morgan fingerprint density at radius 3 is 2.80 bits per heavy atom. The Bertz CT molecular complexity index is 557. The summed E-state index contributed by atoms with van der Waals surface area (Å²) < 4.78 is 0. The molecule has 0 amide bonds. The molecule has 1 aliphatic rings. The van der Waals surface area contributed by atoms with Crippen molar-refractivity contribution in [3.63, 3.8) is 0 Å². The van der Waals surface area contributed by atoms with E-state index in [4.69, 9.17) is 0 Å². The van der Waals surface area contributed by atoms with E-state index in [1.165, 1.54) is 30.4 Å². The minimum absolute atomic E-state index is 0.413. The molecule has 3 heteroatoms. The maximum atomic E-state index is 4.22. The fourth-order valence-corrected chi connectivity index (χ4v) is 3.24. The summed E-state index contributed by atoms with van der Waals surface area (Å²) in [4.78, 5) is 0. The summed E-state index contributed by atoms with van der Waals surface area (Å²) in [5.41, 5.74) is 4.00. The molecular weight excluding hydrogens is 246 g/mol. The third kappa shape index (κ3) is 2.63. The van der Waals surface area contributed by atoms with Gasteiger partial charge in [-0.05, 0) is 23.8 Å². The van der Waals surface area contributed by atoms with Crippen LogP contribution >= 0.6 is 0 Å². The van der Waals surface area contributed by atoms with Gasteiger partial charge in [0.2, 0.25) is 0 Å². The van der Waals surface area contributed by atoms with Crippen LogP contribution in [-0.4, -0.2) is 16.2 Å². The Labute approximate surface area is 120 Å². The van der Waals surface area contributed by atoms with E-state index in [0.29, 0.717) is 11.5 Å². The van der Waals surface area contributed by atoms with E-state index in [9.17, 15) is 0 Å². The Hall–Kier alpha value is -1.61. The number of rotatable bonds is 4. The van der Waals surface area contributed by atoms with Gasteiger partial charge in [-0.2, -0.15) is 5.10 Å². The normalized spacial score (nSPS) is 21.2. The van der Waals surface area contributed by atoms with Gasteiger partial charge in [0.15, 0.2) is 0 Å². The zero-order chi connectivity index (χ0) is 14.0. The average Bonchev–Trinajstić information content (AvgIpc) is 3.03. The van der Waals surface area contributed by atoms with E-state index < -0.39 is 0 Å². The number of hydrogen-bond donors (Lipinski definition) is 2. The summed E-state index contributed by atoms with van der Waals surface area (Å²) in [7, 11) is 0. The maximum Gasteiger partial charge on any atom is 0.0695 e. The van der Waals surface area contributed by atoms with Crippen molar-refractivity contribution in [3.05, 3.63) is 42.1 Å². The van der Waals surface area contributed by atoms with Crippen LogP contribution in [0.4, 0.5) is 0 Å². The molecule has 1 fully saturated rings. The molecule has 0 radical (unpaired) electrons. The molecule has 3 rings (SSSR count). The number of H-pyrrole nitrogens is 1. The molecule has 1 heterocycles. The zero-order valence-electron chi connectivity index (χ0n) is 12.3. The highest BCUT2D eigenvalue weighted by atomic mass is 15.1. The van der Waals surface area contributed by atoms with Crippen molar-refractivity contribution in [1.82, 2.24) is 15.5 Å². The van der Waals surface area contributed by atoms with Crippen LogP contribution in [0.25, 0.3) is 11.3 Å². The van der Waals surface area contributed by atoms with E-state index in [2.05, 4.69) is 53.6 Å². The fourth-order valence-electron chi connectivity index (χ4n) is 3.24. The number of aromatic amines is 1. The highest BCUT2D eigenvalue weighted by molar-refractivity contribution is 5.62. The second-order valence-corrected chi connectivity index (χ2v) is 6.45. The summed E-state index contributed by atoms with van der Waals surface area (Å²) in [6.45, 7) is 5.62. The van der Waals surface area contributed by atoms with E-state index in [1.54, 1.807) is 0 Å². The standard InChI is InChI=1S/C17H23N3/c1-17(2)10-6-9-15(17)18-11-14-12-19-20-16(14)13-7-4-3-5-8-13/h3-5,7-8,12,15,18H,6,9-11H2,1-2H3,(H,19,20). The molecule has 1 saturated carbocycles. The highest BCUT2D eigenvalue weighted by Crippen LogP contribution is 2.37. The lowest BCUT2D eigenvalue weighted by Crippen LogP contribution is -2.37. The number of aromatic nitrogens is 2. The first-order chi connectivity index (χ1) is 9.67. The lowest BCUT2D eigenvalue weighted by molar-refractivity contribution is 0.282. The molecule has 0 spiro atoms. The molecule has 2 N–H and O–H groups in total. The molecular formula is C17H23N3. The van der Waals surface area contributed by atoms with Crippen LogP contribution in [0.5, 0.6) is 0 Å². The second-order valence-electron chi connectivity index (χ2n) is 6.45. The summed E-state index contributed by atoms with van der Waals surface area (Å²) in [6, 6.07) is 11.0. The van der Waals surface area contributed by atoms with Gasteiger partial charge in [-0.25, -0.2) is 0 Å². The van der Waals surface area contributed by atoms with Crippen molar-refractivity contribution in [3.8, 4) is 11.3 Å². The average molecular weight is 269 g/mol. The Morgan fingerprint density at radius 2 is 2.10 bits per heavy atom. The quantitative estimate of drug-likeness (QED) is 0.887. The zero-order valence-corrected chi connectivity index (χ0v) is 12.3. The van der Waals surface area contributed by atoms with E-state index >= 15 is 0 Å². The van der Waals surface area contributed by atoms with Gasteiger partial charge in [-0.1, -0.05) is 50.6 Å². The first-order valence-corrected chi connectivity index (χ1v) is 7.48. The molecule has 2 aromatic rings. The Morgan fingerprint density at radius 1 is 1.30 bits per heavy atom. The molecule has 20 heavy (non-hydrogen) atoms. The molecule has 0 aliphatic heterocycles. The minimum atomic E-state index is 0.413. The van der Waals surface area contributed by atoms with Crippen LogP contribution in [0.3, 0.4) is 0 Å². The molecule has 1 aromatic heterocycles. The summed E-state index contributed by atoms with van der Waals surface area (Å²) in [6.07, 6.45) is 5.88. The molecule has 1 atom stereocenters. The van der Waals surface area contributed by atoms with Crippen molar-refractivity contribution in [2.24, 2.45) is 5.41 Å². The number of nitrogens with zero attached hydrogens (tertiary/aromatic N) is 1. The second kappa shape index (κ2) is 5.41. The summed E-state index contributed by atoms with van der Waals surface area (Å²) in [5.74, 6) is 0. The lowest BCUT2D eigenvalue weighted by Gasteiger charge is -2.28. The van der Waals surface area contributed by atoms with Gasteiger partial charge in [-0.3, -0.25) is 5.10 Å². The van der Waals surface area contributed by atoms with Crippen LogP contribution < -0.4 is 5.32 Å². The fraction of sp³-hybridized carbons (Fsp3) is 0.471. The minimum Gasteiger partial charge on any atom is -0.309 e. The largest absolute Gasteiger partial charge is 0.309 e. The predicted molar refractivity (Wildman–Crippen MR) is 82.3 cm³/mol. The van der Waals surface area contributed by atoms with Crippen LogP contribution in [0, 0.1) is 5.41 Å². The third-order valence-corrected chi connectivity index (χ3v) is 4.58. The van der Waals surface area contributed by atoms with Gasteiger partial charge < -0.3 is 5.32 Å². The van der Waals surface area contributed by atoms with Crippen LogP contribution in [-0.2, 0) is 6.54 Å². The van der Waals surface area contributed by atoms with Gasteiger partial charge in [0.1, 0.15) is 0 Å². The summed E-state index contributed by atoms with van der Waals surface area (Å²) in [5, 5.41) is 11.1. The first kappa shape index (κ1) is 13.4. The Balaban J connectivity index is 1.72. The molecule has 0 bridgehead atoms. The highest BCUT2D eigenvalue weighted by Gasteiger charge is 2.33. The number of benzene rings is 1. The van der Waals surface area contributed by atoms with E-state index in [1.807, 2.05) is 12.3 Å². The van der Waals surface area contributed by atoms with Crippen LogP contribution in [0.2, 0.25) is 0 Å². The number of hydrogen-bond acceptors (Lipinski definition) is 2. The molecule has 106 valence electrons. The number of nitrogens with one attached hydrogen (secondary N) is 2. The first-order valence-electron chi connectivity index (χ1n) is 7.48. The monoisotopic (exact) mass is 269 g/mol. The molecule has 0 saturated heterocycles. The molecule has 1 unspecified atom stereocenters. The molecule has 1 aromatic carbocycles. The van der Waals surface area contributed by atoms with Crippen molar-refractivity contribution in [1.29, 1.82) is 0 Å².